The van der Waals surface area contributed by atoms with Crippen molar-refractivity contribution in [1.29, 1.82) is 0 Å². The fourth-order valence-corrected chi connectivity index (χ4v) is 2.96. The van der Waals surface area contributed by atoms with Crippen LogP contribution in [0.25, 0.3) is 10.4 Å². The molecule has 0 aliphatic carbocycles. The van der Waals surface area contributed by atoms with Gasteiger partial charge in [0, 0.05) is 10.4 Å². The summed E-state index contributed by atoms with van der Waals surface area (Å²) in [6.07, 6.45) is 0. The van der Waals surface area contributed by atoms with Crippen molar-refractivity contribution in [3.63, 3.8) is 0 Å². The molecule has 0 saturated carbocycles. The lowest BCUT2D eigenvalue weighted by Gasteiger charge is -2.22. The molecule has 1 aromatic carbocycles. The molecule has 1 aromatic heterocycles. The zero-order chi connectivity index (χ0) is 14.0. The van der Waals surface area contributed by atoms with Crippen molar-refractivity contribution in [3.05, 3.63) is 40.8 Å². The summed E-state index contributed by atoms with van der Waals surface area (Å²) < 4.78 is 5.45. The molecular formula is C16H20O2S. The molecule has 0 aliphatic heterocycles. The number of rotatable bonds is 3. The van der Waals surface area contributed by atoms with Gasteiger partial charge in [-0.1, -0.05) is 20.8 Å². The summed E-state index contributed by atoms with van der Waals surface area (Å²) >= 11 is 1.66. The largest absolute Gasteiger partial charge is 0.496 e. The molecule has 0 radical (unpaired) electrons. The molecule has 0 saturated heterocycles. The fraction of sp³-hybridized carbons (Fsp3) is 0.375. The number of aliphatic hydroxyl groups is 1. The van der Waals surface area contributed by atoms with Crippen LogP contribution >= 0.6 is 11.3 Å². The number of ether oxygens (including phenoxy) is 1. The molecule has 1 N–H and O–H groups in total. The first-order valence-electron chi connectivity index (χ1n) is 6.33. The van der Waals surface area contributed by atoms with Gasteiger partial charge in [-0.05, 0) is 46.2 Å². The van der Waals surface area contributed by atoms with Crippen LogP contribution in [0.15, 0.2) is 29.6 Å². The summed E-state index contributed by atoms with van der Waals surface area (Å²) in [5.74, 6) is 0.926. The number of hydrogen-bond acceptors (Lipinski definition) is 3. The highest BCUT2D eigenvalue weighted by molar-refractivity contribution is 7.13. The van der Waals surface area contributed by atoms with E-state index in [1.165, 1.54) is 16.0 Å². The summed E-state index contributed by atoms with van der Waals surface area (Å²) in [4.78, 5) is 1.18. The van der Waals surface area contributed by atoms with Gasteiger partial charge in [0.15, 0.2) is 0 Å². The van der Waals surface area contributed by atoms with Crippen LogP contribution in [-0.2, 0) is 12.0 Å². The first-order chi connectivity index (χ1) is 8.95. The number of hydrogen-bond donors (Lipinski definition) is 1. The molecule has 0 aliphatic rings. The van der Waals surface area contributed by atoms with Gasteiger partial charge in [-0.2, -0.15) is 0 Å². The Hall–Kier alpha value is -1.32. The molecule has 19 heavy (non-hydrogen) atoms. The van der Waals surface area contributed by atoms with E-state index >= 15 is 0 Å². The zero-order valence-electron chi connectivity index (χ0n) is 11.9. The molecule has 2 nitrogen and oxygen atoms in total. The molecule has 0 amide bonds. The third-order valence-corrected chi connectivity index (χ3v) is 4.16. The summed E-state index contributed by atoms with van der Waals surface area (Å²) in [6, 6.07) is 8.32. The fourth-order valence-electron chi connectivity index (χ4n) is 2.06. The number of benzene rings is 1. The Balaban J connectivity index is 2.48. The van der Waals surface area contributed by atoms with Crippen molar-refractivity contribution in [2.24, 2.45) is 0 Å². The number of aliphatic hydroxyl groups excluding tert-OH is 1. The molecule has 102 valence electrons. The van der Waals surface area contributed by atoms with E-state index in [-0.39, 0.29) is 12.0 Å². The molecule has 0 unspecified atom stereocenters. The minimum atomic E-state index is 0.0401. The molecule has 0 fully saturated rings. The molecule has 0 atom stereocenters. The van der Waals surface area contributed by atoms with Crippen LogP contribution in [0.1, 0.15) is 31.9 Å². The Kier molecular flexibility index (Phi) is 3.97. The Bertz CT molecular complexity index is 564. The lowest BCUT2D eigenvalue weighted by Crippen LogP contribution is -2.12. The third-order valence-electron chi connectivity index (χ3n) is 3.13. The second-order valence-electron chi connectivity index (χ2n) is 5.64. The van der Waals surface area contributed by atoms with Crippen LogP contribution in [0.5, 0.6) is 5.75 Å². The van der Waals surface area contributed by atoms with E-state index in [1.807, 2.05) is 17.5 Å². The van der Waals surface area contributed by atoms with Crippen LogP contribution in [0.4, 0.5) is 0 Å². The van der Waals surface area contributed by atoms with Crippen LogP contribution in [0, 0.1) is 0 Å². The quantitative estimate of drug-likeness (QED) is 0.909. The van der Waals surface area contributed by atoms with E-state index in [4.69, 9.17) is 9.84 Å². The van der Waals surface area contributed by atoms with Crippen LogP contribution < -0.4 is 4.74 Å². The Morgan fingerprint density at radius 2 is 1.95 bits per heavy atom. The smallest absolute Gasteiger partial charge is 0.122 e. The second-order valence-corrected chi connectivity index (χ2v) is 6.55. The van der Waals surface area contributed by atoms with Crippen molar-refractivity contribution < 1.29 is 9.84 Å². The van der Waals surface area contributed by atoms with Crippen molar-refractivity contribution in [3.8, 4) is 16.2 Å². The molecule has 0 spiro atoms. The monoisotopic (exact) mass is 276 g/mol. The van der Waals surface area contributed by atoms with Crippen LogP contribution in [0.2, 0.25) is 0 Å². The Morgan fingerprint density at radius 3 is 2.47 bits per heavy atom. The zero-order valence-corrected chi connectivity index (χ0v) is 12.7. The molecule has 1 heterocycles. The van der Waals surface area contributed by atoms with Gasteiger partial charge in [-0.25, -0.2) is 0 Å². The molecule has 2 rings (SSSR count). The maximum atomic E-state index is 9.15. The average Bonchev–Trinajstić information content (AvgIpc) is 2.85. The Labute approximate surface area is 118 Å². The minimum absolute atomic E-state index is 0.0401. The summed E-state index contributed by atoms with van der Waals surface area (Å²) in [7, 11) is 1.71. The minimum Gasteiger partial charge on any atom is -0.496 e. The first-order valence-corrected chi connectivity index (χ1v) is 7.21. The highest BCUT2D eigenvalue weighted by Crippen LogP contribution is 2.36. The number of methoxy groups -OCH3 is 1. The van der Waals surface area contributed by atoms with Gasteiger partial charge in [-0.15, -0.1) is 11.3 Å². The van der Waals surface area contributed by atoms with E-state index in [1.54, 1.807) is 18.4 Å². The van der Waals surface area contributed by atoms with Gasteiger partial charge < -0.3 is 9.84 Å². The van der Waals surface area contributed by atoms with E-state index in [2.05, 4.69) is 32.9 Å². The SMILES string of the molecule is COc1ccc(-c2cc(CO)cs2)cc1C(C)(C)C. The number of thiophene rings is 1. The third kappa shape index (κ3) is 2.99. The first kappa shape index (κ1) is 14.1. The van der Waals surface area contributed by atoms with Crippen molar-refractivity contribution in [2.75, 3.05) is 7.11 Å². The highest BCUT2D eigenvalue weighted by Gasteiger charge is 2.19. The van der Waals surface area contributed by atoms with Crippen LogP contribution in [0.3, 0.4) is 0 Å². The summed E-state index contributed by atoms with van der Waals surface area (Å²) in [5, 5.41) is 11.1. The van der Waals surface area contributed by atoms with E-state index in [9.17, 15) is 0 Å². The predicted molar refractivity (Wildman–Crippen MR) is 80.9 cm³/mol. The predicted octanol–water partition coefficient (Wildman–Crippen LogP) is 4.21. The maximum absolute atomic E-state index is 9.15. The Morgan fingerprint density at radius 1 is 1.21 bits per heavy atom. The van der Waals surface area contributed by atoms with Crippen molar-refractivity contribution >= 4 is 11.3 Å². The maximum Gasteiger partial charge on any atom is 0.122 e. The normalized spacial score (nSPS) is 11.6. The van der Waals surface area contributed by atoms with E-state index < -0.39 is 0 Å². The second kappa shape index (κ2) is 5.35. The van der Waals surface area contributed by atoms with Gasteiger partial charge in [0.1, 0.15) is 5.75 Å². The summed E-state index contributed by atoms with van der Waals surface area (Å²) in [6.45, 7) is 6.64. The van der Waals surface area contributed by atoms with Gasteiger partial charge in [0.05, 0.1) is 13.7 Å². The summed E-state index contributed by atoms with van der Waals surface area (Å²) in [5.41, 5.74) is 3.38. The molecule has 2 aromatic rings. The van der Waals surface area contributed by atoms with Crippen LogP contribution in [-0.4, -0.2) is 12.2 Å². The molecule has 3 heteroatoms. The molecular weight excluding hydrogens is 256 g/mol. The van der Waals surface area contributed by atoms with Gasteiger partial charge in [0.2, 0.25) is 0 Å². The van der Waals surface area contributed by atoms with Gasteiger partial charge >= 0.3 is 0 Å². The van der Waals surface area contributed by atoms with Crippen molar-refractivity contribution in [2.45, 2.75) is 32.8 Å². The standard InChI is InChI=1S/C16H20O2S/c1-16(2,3)13-8-12(5-6-14(13)18-4)15-7-11(9-17)10-19-15/h5-8,10,17H,9H2,1-4H3. The lowest BCUT2D eigenvalue weighted by molar-refractivity contribution is 0.282. The topological polar surface area (TPSA) is 29.5 Å². The van der Waals surface area contributed by atoms with E-state index in [0.29, 0.717) is 0 Å². The van der Waals surface area contributed by atoms with Gasteiger partial charge in [0.25, 0.3) is 0 Å². The lowest BCUT2D eigenvalue weighted by atomic mass is 9.85. The average molecular weight is 276 g/mol. The van der Waals surface area contributed by atoms with Crippen molar-refractivity contribution in [1.82, 2.24) is 0 Å². The molecule has 0 bridgehead atoms. The van der Waals surface area contributed by atoms with E-state index in [0.717, 1.165) is 11.3 Å². The van der Waals surface area contributed by atoms with Gasteiger partial charge in [-0.3, -0.25) is 0 Å². The highest BCUT2D eigenvalue weighted by atomic mass is 32.1.